The molecule has 1 unspecified atom stereocenters. The van der Waals surface area contributed by atoms with Crippen LogP contribution in [0.25, 0.3) is 0 Å². The molecule has 1 fully saturated rings. The van der Waals surface area contributed by atoms with E-state index in [9.17, 15) is 9.59 Å². The highest BCUT2D eigenvalue weighted by Gasteiger charge is 2.20. The third kappa shape index (κ3) is 6.02. The summed E-state index contributed by atoms with van der Waals surface area (Å²) in [5.41, 5.74) is 0. The van der Waals surface area contributed by atoms with Crippen molar-refractivity contribution < 1.29 is 9.59 Å². The molecule has 1 aliphatic rings. The Morgan fingerprint density at radius 3 is 2.74 bits per heavy atom. The first kappa shape index (κ1) is 15.9. The van der Waals surface area contributed by atoms with Crippen LogP contribution in [0.4, 0.5) is 4.79 Å². The Balaban J connectivity index is 2.35. The molecule has 6 heteroatoms. The highest BCUT2D eigenvalue weighted by molar-refractivity contribution is 5.94. The van der Waals surface area contributed by atoms with Gasteiger partial charge in [0.25, 0.3) is 0 Å². The number of rotatable bonds is 6. The van der Waals surface area contributed by atoms with Gasteiger partial charge < -0.3 is 10.6 Å². The summed E-state index contributed by atoms with van der Waals surface area (Å²) in [5.74, 6) is -0.218. The SMILES string of the molecule is CCCN(CCC(=O)NC(=O)NC)C1CCCNC1. The number of nitrogens with one attached hydrogen (secondary N) is 3. The molecular weight excluding hydrogens is 244 g/mol. The Bertz CT molecular complexity index is 290. The fourth-order valence-electron chi connectivity index (χ4n) is 2.41. The van der Waals surface area contributed by atoms with Gasteiger partial charge in [-0.2, -0.15) is 0 Å². The monoisotopic (exact) mass is 270 g/mol. The molecule has 3 amide bonds. The molecule has 1 atom stereocenters. The number of urea groups is 1. The fourth-order valence-corrected chi connectivity index (χ4v) is 2.41. The second kappa shape index (κ2) is 8.87. The molecule has 1 rings (SSSR count). The van der Waals surface area contributed by atoms with E-state index < -0.39 is 6.03 Å². The van der Waals surface area contributed by atoms with E-state index in [2.05, 4.69) is 27.8 Å². The fraction of sp³-hybridized carbons (Fsp3) is 0.846. The minimum absolute atomic E-state index is 0.218. The Morgan fingerprint density at radius 2 is 2.16 bits per heavy atom. The number of piperidine rings is 1. The van der Waals surface area contributed by atoms with Gasteiger partial charge in [0.05, 0.1) is 0 Å². The van der Waals surface area contributed by atoms with Crippen molar-refractivity contribution in [3.8, 4) is 0 Å². The first-order valence-corrected chi connectivity index (χ1v) is 7.13. The number of hydrogen-bond donors (Lipinski definition) is 3. The molecule has 0 aromatic rings. The van der Waals surface area contributed by atoms with E-state index in [1.165, 1.54) is 19.9 Å². The van der Waals surface area contributed by atoms with Crippen LogP contribution in [0.5, 0.6) is 0 Å². The zero-order chi connectivity index (χ0) is 14.1. The zero-order valence-corrected chi connectivity index (χ0v) is 12.0. The first-order chi connectivity index (χ1) is 9.17. The summed E-state index contributed by atoms with van der Waals surface area (Å²) in [7, 11) is 1.50. The van der Waals surface area contributed by atoms with Gasteiger partial charge in [-0.15, -0.1) is 0 Å². The number of nitrogens with zero attached hydrogens (tertiary/aromatic N) is 1. The third-order valence-electron chi connectivity index (χ3n) is 3.40. The molecule has 19 heavy (non-hydrogen) atoms. The van der Waals surface area contributed by atoms with E-state index in [1.54, 1.807) is 0 Å². The van der Waals surface area contributed by atoms with Crippen LogP contribution in [-0.4, -0.2) is 56.1 Å². The largest absolute Gasteiger partial charge is 0.341 e. The van der Waals surface area contributed by atoms with Crippen LogP contribution >= 0.6 is 0 Å². The molecule has 0 spiro atoms. The lowest BCUT2D eigenvalue weighted by atomic mass is 10.1. The molecule has 0 aliphatic carbocycles. The number of amides is 3. The van der Waals surface area contributed by atoms with Gasteiger partial charge in [-0.25, -0.2) is 4.79 Å². The third-order valence-corrected chi connectivity index (χ3v) is 3.40. The molecule has 1 aliphatic heterocycles. The van der Waals surface area contributed by atoms with Gasteiger partial charge in [0.2, 0.25) is 5.91 Å². The number of carbonyl (C=O) groups excluding carboxylic acids is 2. The van der Waals surface area contributed by atoms with Crippen molar-refractivity contribution in [2.45, 2.75) is 38.6 Å². The minimum atomic E-state index is -0.439. The van der Waals surface area contributed by atoms with E-state index in [-0.39, 0.29) is 5.91 Å². The van der Waals surface area contributed by atoms with Crippen LogP contribution in [0.15, 0.2) is 0 Å². The van der Waals surface area contributed by atoms with Gasteiger partial charge in [-0.05, 0) is 32.4 Å². The lowest BCUT2D eigenvalue weighted by Crippen LogP contribution is -2.47. The zero-order valence-electron chi connectivity index (χ0n) is 12.0. The predicted octanol–water partition coefficient (Wildman–Crippen LogP) is 0.296. The van der Waals surface area contributed by atoms with Crippen molar-refractivity contribution in [3.63, 3.8) is 0 Å². The van der Waals surface area contributed by atoms with Gasteiger partial charge in [0.15, 0.2) is 0 Å². The lowest BCUT2D eigenvalue weighted by Gasteiger charge is -2.34. The van der Waals surface area contributed by atoms with E-state index >= 15 is 0 Å². The van der Waals surface area contributed by atoms with E-state index in [1.807, 2.05) is 0 Å². The van der Waals surface area contributed by atoms with Crippen molar-refractivity contribution in [2.75, 3.05) is 33.2 Å². The smallest absolute Gasteiger partial charge is 0.321 e. The van der Waals surface area contributed by atoms with Crippen molar-refractivity contribution >= 4 is 11.9 Å². The Kier molecular flexibility index (Phi) is 7.43. The van der Waals surface area contributed by atoms with Gasteiger partial charge in [-0.1, -0.05) is 6.92 Å². The maximum Gasteiger partial charge on any atom is 0.321 e. The second-order valence-corrected chi connectivity index (χ2v) is 4.91. The second-order valence-electron chi connectivity index (χ2n) is 4.91. The van der Waals surface area contributed by atoms with Gasteiger partial charge >= 0.3 is 6.03 Å². The van der Waals surface area contributed by atoms with Crippen LogP contribution in [-0.2, 0) is 4.79 Å². The van der Waals surface area contributed by atoms with Crippen LogP contribution < -0.4 is 16.0 Å². The number of carbonyl (C=O) groups is 2. The Morgan fingerprint density at radius 1 is 1.37 bits per heavy atom. The summed E-state index contributed by atoms with van der Waals surface area (Å²) >= 11 is 0. The molecule has 3 N–H and O–H groups in total. The van der Waals surface area contributed by atoms with E-state index in [4.69, 9.17) is 0 Å². The van der Waals surface area contributed by atoms with Crippen molar-refractivity contribution in [3.05, 3.63) is 0 Å². The maximum atomic E-state index is 11.6. The van der Waals surface area contributed by atoms with Gasteiger partial charge in [0.1, 0.15) is 0 Å². The molecule has 0 aromatic heterocycles. The molecule has 1 saturated heterocycles. The van der Waals surface area contributed by atoms with Crippen molar-refractivity contribution in [2.24, 2.45) is 0 Å². The van der Waals surface area contributed by atoms with Crippen molar-refractivity contribution in [1.82, 2.24) is 20.9 Å². The summed E-state index contributed by atoms with van der Waals surface area (Å²) in [5, 5.41) is 8.07. The average Bonchev–Trinajstić information content (AvgIpc) is 2.44. The summed E-state index contributed by atoms with van der Waals surface area (Å²) in [4.78, 5) is 25.0. The molecule has 6 nitrogen and oxygen atoms in total. The first-order valence-electron chi connectivity index (χ1n) is 7.13. The summed E-state index contributed by atoms with van der Waals surface area (Å²) in [6.45, 7) is 5.95. The average molecular weight is 270 g/mol. The molecular formula is C13H26N4O2. The molecule has 0 bridgehead atoms. The topological polar surface area (TPSA) is 73.5 Å². The summed E-state index contributed by atoms with van der Waals surface area (Å²) in [6, 6.07) is 0.0767. The normalized spacial score (nSPS) is 19.2. The summed E-state index contributed by atoms with van der Waals surface area (Å²) < 4.78 is 0. The van der Waals surface area contributed by atoms with Crippen molar-refractivity contribution in [1.29, 1.82) is 0 Å². The molecule has 0 saturated carbocycles. The van der Waals surface area contributed by atoms with E-state index in [0.717, 1.165) is 26.1 Å². The quantitative estimate of drug-likeness (QED) is 0.649. The molecule has 110 valence electrons. The van der Waals surface area contributed by atoms with Gasteiger partial charge in [-0.3, -0.25) is 15.0 Å². The summed E-state index contributed by atoms with van der Waals surface area (Å²) in [6.07, 6.45) is 3.82. The Hall–Kier alpha value is -1.14. The standard InChI is InChI=1S/C13H26N4O2/c1-3-8-17(11-5-4-7-15-10-11)9-6-12(18)16-13(19)14-2/h11,15H,3-10H2,1-2H3,(H2,14,16,18,19). The highest BCUT2D eigenvalue weighted by Crippen LogP contribution is 2.11. The van der Waals surface area contributed by atoms with Gasteiger partial charge in [0, 0.05) is 32.6 Å². The minimum Gasteiger partial charge on any atom is -0.341 e. The highest BCUT2D eigenvalue weighted by atomic mass is 16.2. The molecule has 0 radical (unpaired) electrons. The predicted molar refractivity (Wildman–Crippen MR) is 75.0 cm³/mol. The molecule has 0 aromatic carbocycles. The number of imide groups is 1. The van der Waals surface area contributed by atoms with E-state index in [0.29, 0.717) is 19.0 Å². The molecule has 1 heterocycles. The van der Waals surface area contributed by atoms with Crippen LogP contribution in [0.2, 0.25) is 0 Å². The van der Waals surface area contributed by atoms with Crippen LogP contribution in [0.3, 0.4) is 0 Å². The Labute approximate surface area is 115 Å². The maximum absolute atomic E-state index is 11.6. The van der Waals surface area contributed by atoms with Crippen LogP contribution in [0.1, 0.15) is 32.6 Å². The van der Waals surface area contributed by atoms with Crippen LogP contribution in [0, 0.1) is 0 Å². The lowest BCUT2D eigenvalue weighted by molar-refractivity contribution is -0.120. The number of hydrogen-bond acceptors (Lipinski definition) is 4.